The molecule has 518 valence electrons. The van der Waals surface area contributed by atoms with E-state index in [0.29, 0.717) is 132 Å². The minimum absolute atomic E-state index is 0.0523. The highest BCUT2D eigenvalue weighted by Crippen LogP contribution is 2.27. The van der Waals surface area contributed by atoms with Crippen molar-refractivity contribution in [3.63, 3.8) is 0 Å². The molecular weight excluding hydrogens is 1150 g/mol. The Labute approximate surface area is 535 Å². The van der Waals surface area contributed by atoms with Crippen molar-refractivity contribution in [3.05, 3.63) is 35.7 Å². The van der Waals surface area contributed by atoms with E-state index in [2.05, 4.69) is 59.1 Å². The molecule has 0 radical (unpaired) electrons. The lowest BCUT2D eigenvalue weighted by Crippen LogP contribution is -2.50. The van der Waals surface area contributed by atoms with Gasteiger partial charge in [0.1, 0.15) is 0 Å². The quantitative estimate of drug-likeness (QED) is 0.0398. The molecule has 0 saturated carbocycles. The van der Waals surface area contributed by atoms with Crippen molar-refractivity contribution in [2.24, 2.45) is 0 Å². The van der Waals surface area contributed by atoms with Crippen LogP contribution in [0.2, 0.25) is 0 Å². The minimum atomic E-state index is -1.03. The maximum absolute atomic E-state index is 13.8. The van der Waals surface area contributed by atoms with Crippen LogP contribution in [-0.4, -0.2) is 213 Å². The molecule has 3 rings (SSSR count). The average molecular weight is 1270 g/mol. The third kappa shape index (κ3) is 53.3. The van der Waals surface area contributed by atoms with Crippen LogP contribution in [0.3, 0.4) is 0 Å². The fourth-order valence-electron chi connectivity index (χ4n) is 8.24. The van der Waals surface area contributed by atoms with E-state index in [1.54, 1.807) is 14.0 Å². The summed E-state index contributed by atoms with van der Waals surface area (Å²) in [6.45, 7) is 33.6. The van der Waals surface area contributed by atoms with Crippen molar-refractivity contribution in [2.75, 3.05) is 139 Å². The second kappa shape index (κ2) is 64.5. The standard InChI is InChI=1S/C55H99N13O13.4C2H6/c1-5-6-7-8-9-10-11-12-13-14-54(72)59-55(18-15-51(69)56-21-27-73-33-39-79-42-36-76-30-24-66-45-48(2)60-63-66,19-16-52(70)57-22-28-74-34-40-80-43-37-77-31-25-67-46-49(3)61-64-67)20-17-53(71)58-23-29-75-35-41-81-44-38-78-32-26-68-47-50(4)62-65-68;4*1-2/h45-47H,5-44H2,1-4H3,(H,56,69)(H,57,70)(H,58,71)(H,59,72);4*1-2H3. The van der Waals surface area contributed by atoms with E-state index in [9.17, 15) is 19.2 Å². The highest BCUT2D eigenvalue weighted by Gasteiger charge is 2.33. The highest BCUT2D eigenvalue weighted by molar-refractivity contribution is 5.80. The summed E-state index contributed by atoms with van der Waals surface area (Å²) in [7, 11) is 0. The monoisotopic (exact) mass is 1270 g/mol. The number of carbonyl (C=O) groups excluding carboxylic acids is 4. The van der Waals surface area contributed by atoms with Crippen LogP contribution >= 0.6 is 0 Å². The lowest BCUT2D eigenvalue weighted by Gasteiger charge is -2.35. The molecule has 89 heavy (non-hydrogen) atoms. The Kier molecular flexibility index (Phi) is 62.3. The molecule has 0 aliphatic heterocycles. The first-order valence-electron chi connectivity index (χ1n) is 33.5. The molecule has 4 amide bonds. The van der Waals surface area contributed by atoms with Gasteiger partial charge in [0, 0.05) is 69.4 Å². The molecule has 0 unspecified atom stereocenters. The van der Waals surface area contributed by atoms with Gasteiger partial charge in [-0.1, -0.05) is 129 Å². The van der Waals surface area contributed by atoms with Gasteiger partial charge in [0.15, 0.2) is 0 Å². The smallest absolute Gasteiger partial charge is 0.220 e. The predicted octanol–water partition coefficient (Wildman–Crippen LogP) is 7.51. The van der Waals surface area contributed by atoms with Gasteiger partial charge in [-0.25, -0.2) is 14.0 Å². The number of unbranched alkanes of at least 4 members (excludes halogenated alkanes) is 8. The number of hydrogen-bond acceptors (Lipinski definition) is 19. The van der Waals surface area contributed by atoms with Crippen LogP contribution in [0.15, 0.2) is 18.6 Å². The van der Waals surface area contributed by atoms with Gasteiger partial charge in [0.05, 0.1) is 156 Å². The Morgan fingerprint density at radius 1 is 0.360 bits per heavy atom. The molecule has 3 aromatic heterocycles. The Hall–Kier alpha value is -5.06. The van der Waals surface area contributed by atoms with Crippen LogP contribution in [0, 0.1) is 20.8 Å². The maximum Gasteiger partial charge on any atom is 0.220 e. The van der Waals surface area contributed by atoms with Crippen molar-refractivity contribution < 1.29 is 61.8 Å². The summed E-state index contributed by atoms with van der Waals surface area (Å²) in [4.78, 5) is 53.9. The molecule has 0 spiro atoms. The fraction of sp³-hybridized carbons (Fsp3) is 0.841. The van der Waals surface area contributed by atoms with E-state index >= 15 is 0 Å². The molecule has 0 aliphatic rings. The molecule has 3 heterocycles. The summed E-state index contributed by atoms with van der Waals surface area (Å²) < 4.78 is 55.8. The molecular formula is C63H123N13O13. The van der Waals surface area contributed by atoms with E-state index in [0.717, 1.165) is 36.3 Å². The summed E-state index contributed by atoms with van der Waals surface area (Å²) in [5.41, 5.74) is 1.53. The van der Waals surface area contributed by atoms with Crippen LogP contribution in [-0.2, 0) is 81.4 Å². The Balaban J connectivity index is 0. The van der Waals surface area contributed by atoms with E-state index < -0.39 is 5.54 Å². The first-order valence-corrected chi connectivity index (χ1v) is 33.5. The van der Waals surface area contributed by atoms with E-state index in [1.807, 2.05) is 94.8 Å². The Morgan fingerprint density at radius 3 is 0.888 bits per heavy atom. The molecule has 3 aromatic rings. The fourth-order valence-corrected chi connectivity index (χ4v) is 8.24. The number of ether oxygens (including phenoxy) is 9. The third-order valence-electron chi connectivity index (χ3n) is 12.7. The Morgan fingerprint density at radius 2 is 0.618 bits per heavy atom. The summed E-state index contributed by atoms with van der Waals surface area (Å²) in [5, 5.41) is 35.9. The zero-order valence-electron chi connectivity index (χ0n) is 57.3. The van der Waals surface area contributed by atoms with Gasteiger partial charge in [-0.15, -0.1) is 15.3 Å². The number of aryl methyl sites for hydroxylation is 3. The summed E-state index contributed by atoms with van der Waals surface area (Å²) in [6.07, 6.45) is 16.6. The molecule has 0 aliphatic carbocycles. The van der Waals surface area contributed by atoms with Crippen molar-refractivity contribution in [1.82, 2.24) is 66.2 Å². The van der Waals surface area contributed by atoms with Crippen LogP contribution in [0.1, 0.15) is 182 Å². The molecule has 0 aromatic carbocycles. The van der Waals surface area contributed by atoms with Crippen LogP contribution in [0.4, 0.5) is 0 Å². The number of nitrogens with zero attached hydrogens (tertiary/aromatic N) is 9. The van der Waals surface area contributed by atoms with Crippen molar-refractivity contribution >= 4 is 23.6 Å². The zero-order valence-corrected chi connectivity index (χ0v) is 57.3. The minimum Gasteiger partial charge on any atom is -0.377 e. The summed E-state index contributed by atoms with van der Waals surface area (Å²) >= 11 is 0. The second-order valence-corrected chi connectivity index (χ2v) is 19.8. The number of amides is 4. The molecule has 4 N–H and O–H groups in total. The van der Waals surface area contributed by atoms with Gasteiger partial charge in [-0.05, 0) is 46.5 Å². The maximum atomic E-state index is 13.8. The topological polar surface area (TPSA) is 292 Å². The number of hydrogen-bond donors (Lipinski definition) is 4. The second-order valence-electron chi connectivity index (χ2n) is 19.8. The van der Waals surface area contributed by atoms with E-state index in [-0.39, 0.29) is 102 Å². The lowest BCUT2D eigenvalue weighted by molar-refractivity contribution is -0.127. The molecule has 0 saturated heterocycles. The molecule has 0 fully saturated rings. The third-order valence-corrected chi connectivity index (χ3v) is 12.7. The molecule has 26 nitrogen and oxygen atoms in total. The first-order chi connectivity index (χ1) is 43.6. The van der Waals surface area contributed by atoms with Gasteiger partial charge in [0.2, 0.25) is 23.6 Å². The van der Waals surface area contributed by atoms with Gasteiger partial charge in [0.25, 0.3) is 0 Å². The van der Waals surface area contributed by atoms with Crippen molar-refractivity contribution in [1.29, 1.82) is 0 Å². The van der Waals surface area contributed by atoms with Gasteiger partial charge < -0.3 is 63.9 Å². The van der Waals surface area contributed by atoms with E-state index in [1.165, 1.54) is 32.1 Å². The molecule has 0 atom stereocenters. The van der Waals surface area contributed by atoms with Crippen LogP contribution in [0.5, 0.6) is 0 Å². The average Bonchev–Trinajstić information content (AvgIpc) is 3.70. The van der Waals surface area contributed by atoms with E-state index in [4.69, 9.17) is 42.6 Å². The largest absolute Gasteiger partial charge is 0.377 e. The zero-order chi connectivity index (χ0) is 66.1. The number of rotatable bonds is 56. The summed E-state index contributed by atoms with van der Waals surface area (Å²) in [6, 6.07) is 0. The normalized spacial score (nSPS) is 10.8. The number of aromatic nitrogens is 9. The highest BCUT2D eigenvalue weighted by atomic mass is 16.6. The van der Waals surface area contributed by atoms with Crippen molar-refractivity contribution in [3.8, 4) is 0 Å². The van der Waals surface area contributed by atoms with Gasteiger partial charge in [-0.2, -0.15) is 0 Å². The molecule has 26 heteroatoms. The van der Waals surface area contributed by atoms with Crippen LogP contribution in [0.25, 0.3) is 0 Å². The lowest BCUT2D eigenvalue weighted by atomic mass is 9.82. The SMILES string of the molecule is CC.CC.CC.CC.CCCCCCCCCCCC(=O)NC(CCC(=O)NCCOCCOCCOCCn1cc(C)nn1)(CCC(=O)NCCOCCOCCOCCn1cc(C)nn1)CCC(=O)NCCOCCOCCOCCn1cc(C)nn1. The molecule has 0 bridgehead atoms. The summed E-state index contributed by atoms with van der Waals surface area (Å²) in [5.74, 6) is -0.883. The predicted molar refractivity (Wildman–Crippen MR) is 346 cm³/mol. The van der Waals surface area contributed by atoms with Gasteiger partial charge in [-0.3, -0.25) is 19.2 Å². The van der Waals surface area contributed by atoms with Crippen molar-refractivity contribution in [2.45, 2.75) is 211 Å². The van der Waals surface area contributed by atoms with Crippen LogP contribution < -0.4 is 21.3 Å². The first kappa shape index (κ1) is 86.0. The number of nitrogens with one attached hydrogen (secondary N) is 4. The number of carbonyl (C=O) groups is 4. The van der Waals surface area contributed by atoms with Gasteiger partial charge >= 0.3 is 0 Å². The Bertz CT molecular complexity index is 1850.